The van der Waals surface area contributed by atoms with Gasteiger partial charge in [-0.2, -0.15) is 13.2 Å². The van der Waals surface area contributed by atoms with Gasteiger partial charge >= 0.3 is 6.18 Å². The summed E-state index contributed by atoms with van der Waals surface area (Å²) < 4.78 is 39.6. The molecule has 3 rings (SSSR count). The van der Waals surface area contributed by atoms with Gasteiger partial charge in [-0.1, -0.05) is 0 Å². The maximum atomic E-state index is 13.2. The molecule has 2 aliphatic rings. The van der Waals surface area contributed by atoms with Gasteiger partial charge < -0.3 is 15.5 Å². The molecule has 2 amide bonds. The third-order valence-corrected chi connectivity index (χ3v) is 4.52. The number of nitrogens with one attached hydrogen (secondary N) is 2. The maximum Gasteiger partial charge on any atom is 0.416 e. The largest absolute Gasteiger partial charge is 0.416 e. The van der Waals surface area contributed by atoms with Gasteiger partial charge in [0.25, 0.3) is 5.91 Å². The Morgan fingerprint density at radius 3 is 2.64 bits per heavy atom. The zero-order chi connectivity index (χ0) is 18.0. The van der Waals surface area contributed by atoms with E-state index >= 15 is 0 Å². The van der Waals surface area contributed by atoms with Crippen LogP contribution in [0.25, 0.3) is 0 Å². The lowest BCUT2D eigenvalue weighted by Gasteiger charge is -2.24. The fraction of sp³-hybridized carbons (Fsp3) is 0.529. The van der Waals surface area contributed by atoms with Crippen LogP contribution in [0.1, 0.15) is 41.6 Å². The minimum absolute atomic E-state index is 0.0740. The molecule has 2 fully saturated rings. The van der Waals surface area contributed by atoms with Gasteiger partial charge in [-0.15, -0.1) is 0 Å². The minimum Gasteiger partial charge on any atom is -0.348 e. The normalized spacial score (nSPS) is 21.5. The Morgan fingerprint density at radius 2 is 2.04 bits per heavy atom. The van der Waals surface area contributed by atoms with Crippen LogP contribution in [-0.4, -0.2) is 37.5 Å². The molecule has 136 valence electrons. The predicted octanol–water partition coefficient (Wildman–Crippen LogP) is 2.31. The second-order valence-electron chi connectivity index (χ2n) is 6.43. The van der Waals surface area contributed by atoms with E-state index in [0.717, 1.165) is 31.5 Å². The maximum absolute atomic E-state index is 13.2. The first-order valence-electron chi connectivity index (χ1n) is 8.39. The summed E-state index contributed by atoms with van der Waals surface area (Å²) in [6.07, 6.45) is -1.98. The molecule has 0 unspecified atom stereocenters. The van der Waals surface area contributed by atoms with Gasteiger partial charge in [-0.05, 0) is 44.0 Å². The second-order valence-corrected chi connectivity index (χ2v) is 6.43. The van der Waals surface area contributed by atoms with E-state index < -0.39 is 17.6 Å². The van der Waals surface area contributed by atoms with Crippen LogP contribution >= 0.6 is 0 Å². The average molecular weight is 355 g/mol. The van der Waals surface area contributed by atoms with E-state index in [1.807, 2.05) is 0 Å². The van der Waals surface area contributed by atoms with E-state index in [0.29, 0.717) is 25.9 Å². The third-order valence-electron chi connectivity index (χ3n) is 4.52. The van der Waals surface area contributed by atoms with Crippen LogP contribution in [0.5, 0.6) is 0 Å². The van der Waals surface area contributed by atoms with Crippen molar-refractivity contribution in [2.45, 2.75) is 37.9 Å². The van der Waals surface area contributed by atoms with Crippen LogP contribution in [0.3, 0.4) is 0 Å². The molecular weight excluding hydrogens is 335 g/mol. The molecule has 1 aromatic carbocycles. The lowest BCUT2D eigenvalue weighted by atomic mass is 10.0. The molecule has 0 radical (unpaired) electrons. The van der Waals surface area contributed by atoms with Crippen molar-refractivity contribution in [3.63, 3.8) is 0 Å². The Labute approximate surface area is 143 Å². The Hall–Kier alpha value is -2.09. The van der Waals surface area contributed by atoms with Gasteiger partial charge in [-0.25, -0.2) is 0 Å². The van der Waals surface area contributed by atoms with E-state index in [2.05, 4.69) is 10.6 Å². The molecule has 0 spiro atoms. The van der Waals surface area contributed by atoms with Crippen molar-refractivity contribution in [3.8, 4) is 0 Å². The van der Waals surface area contributed by atoms with Gasteiger partial charge in [0.15, 0.2) is 0 Å². The second kappa shape index (κ2) is 7.03. The van der Waals surface area contributed by atoms with Gasteiger partial charge in [0.1, 0.15) is 0 Å². The van der Waals surface area contributed by atoms with Crippen molar-refractivity contribution < 1.29 is 22.8 Å². The average Bonchev–Trinajstić information content (AvgIpc) is 3.00. The lowest BCUT2D eigenvalue weighted by molar-refractivity contribution is -0.137. The number of halogens is 3. The minimum atomic E-state index is -4.58. The van der Waals surface area contributed by atoms with Crippen molar-refractivity contribution >= 4 is 17.5 Å². The highest BCUT2D eigenvalue weighted by Gasteiger charge is 2.33. The van der Waals surface area contributed by atoms with Crippen LogP contribution in [-0.2, 0) is 11.0 Å². The molecule has 5 nitrogen and oxygen atoms in total. The predicted molar refractivity (Wildman–Crippen MR) is 86.4 cm³/mol. The molecule has 0 aliphatic carbocycles. The zero-order valence-corrected chi connectivity index (χ0v) is 13.7. The van der Waals surface area contributed by atoms with E-state index in [-0.39, 0.29) is 23.2 Å². The number of carbonyl (C=O) groups is 2. The van der Waals surface area contributed by atoms with Gasteiger partial charge in [0.05, 0.1) is 5.56 Å². The number of alkyl halides is 3. The summed E-state index contributed by atoms with van der Waals surface area (Å²) in [6, 6.07) is 3.04. The number of benzene rings is 1. The van der Waals surface area contributed by atoms with Crippen molar-refractivity contribution in [1.82, 2.24) is 10.6 Å². The molecule has 8 heteroatoms. The molecule has 2 heterocycles. The molecule has 1 aromatic rings. The molecule has 0 saturated carbocycles. The van der Waals surface area contributed by atoms with Crippen LogP contribution in [0.2, 0.25) is 0 Å². The van der Waals surface area contributed by atoms with E-state index in [4.69, 9.17) is 0 Å². The van der Waals surface area contributed by atoms with E-state index in [1.54, 1.807) is 0 Å². The highest BCUT2D eigenvalue weighted by molar-refractivity contribution is 5.99. The van der Waals surface area contributed by atoms with Crippen LogP contribution < -0.4 is 15.5 Å². The summed E-state index contributed by atoms with van der Waals surface area (Å²) in [5, 5.41) is 5.91. The quantitative estimate of drug-likeness (QED) is 0.875. The highest BCUT2D eigenvalue weighted by Crippen LogP contribution is 2.34. The first-order chi connectivity index (χ1) is 11.8. The number of anilines is 1. The van der Waals surface area contributed by atoms with Gasteiger partial charge in [0.2, 0.25) is 5.91 Å². The summed E-state index contributed by atoms with van der Waals surface area (Å²) >= 11 is 0. The Morgan fingerprint density at radius 1 is 1.24 bits per heavy atom. The molecule has 25 heavy (non-hydrogen) atoms. The smallest absolute Gasteiger partial charge is 0.348 e. The number of carbonyl (C=O) groups excluding carboxylic acids is 2. The van der Waals surface area contributed by atoms with Gasteiger partial charge in [-0.3, -0.25) is 9.59 Å². The number of rotatable bonds is 3. The number of piperidine rings is 1. The Balaban J connectivity index is 1.88. The van der Waals surface area contributed by atoms with Crippen molar-refractivity contribution in [2.24, 2.45) is 0 Å². The topological polar surface area (TPSA) is 61.4 Å². The Kier molecular flexibility index (Phi) is 4.99. The molecule has 2 saturated heterocycles. The number of hydrogen-bond acceptors (Lipinski definition) is 3. The summed E-state index contributed by atoms with van der Waals surface area (Å²) in [6.45, 7) is 1.84. The van der Waals surface area contributed by atoms with Crippen LogP contribution in [0.15, 0.2) is 18.2 Å². The highest BCUT2D eigenvalue weighted by atomic mass is 19.4. The first kappa shape index (κ1) is 17.7. The molecular formula is C17H20F3N3O2. The fourth-order valence-electron chi connectivity index (χ4n) is 3.23. The van der Waals surface area contributed by atoms with Crippen molar-refractivity contribution in [2.75, 3.05) is 24.5 Å². The Bertz CT molecular complexity index is 670. The zero-order valence-electron chi connectivity index (χ0n) is 13.7. The van der Waals surface area contributed by atoms with Gasteiger partial charge in [0, 0.05) is 36.8 Å². The summed E-state index contributed by atoms with van der Waals surface area (Å²) in [4.78, 5) is 25.6. The molecule has 2 aliphatic heterocycles. The molecule has 2 N–H and O–H groups in total. The SMILES string of the molecule is O=C(N[C@H]1CCCNC1)c1cc(N2CCCC2=O)cc(C(F)(F)F)c1. The standard InChI is InChI=1S/C17H20F3N3O2/c18-17(19,20)12-7-11(16(25)22-13-3-1-5-21-10-13)8-14(9-12)23-6-2-4-15(23)24/h7-9,13,21H,1-6,10H2,(H,22,25)/t13-/m0/s1. The lowest BCUT2D eigenvalue weighted by Crippen LogP contribution is -2.45. The fourth-order valence-corrected chi connectivity index (χ4v) is 3.23. The molecule has 0 aromatic heterocycles. The summed E-state index contributed by atoms with van der Waals surface area (Å²) in [5.74, 6) is -0.769. The third kappa shape index (κ3) is 4.12. The molecule has 0 bridgehead atoms. The number of nitrogens with zero attached hydrogens (tertiary/aromatic N) is 1. The summed E-state index contributed by atoms with van der Waals surface area (Å²) in [7, 11) is 0. The monoisotopic (exact) mass is 355 g/mol. The van der Waals surface area contributed by atoms with E-state index in [1.165, 1.54) is 11.0 Å². The molecule has 1 atom stereocenters. The number of amides is 2. The van der Waals surface area contributed by atoms with Crippen LogP contribution in [0, 0.1) is 0 Å². The summed E-state index contributed by atoms with van der Waals surface area (Å²) in [5.41, 5.74) is -0.865. The van der Waals surface area contributed by atoms with E-state index in [9.17, 15) is 22.8 Å². The number of hydrogen-bond donors (Lipinski definition) is 2. The van der Waals surface area contributed by atoms with Crippen LogP contribution in [0.4, 0.5) is 18.9 Å². The first-order valence-corrected chi connectivity index (χ1v) is 8.39. The van der Waals surface area contributed by atoms with Crippen molar-refractivity contribution in [3.05, 3.63) is 29.3 Å². The van der Waals surface area contributed by atoms with Crippen molar-refractivity contribution in [1.29, 1.82) is 0 Å².